The zero-order valence-corrected chi connectivity index (χ0v) is 13.8. The molecule has 0 aliphatic heterocycles. The van der Waals surface area contributed by atoms with Crippen molar-refractivity contribution in [1.82, 2.24) is 10.3 Å². The zero-order valence-electron chi connectivity index (χ0n) is 11.5. The van der Waals surface area contributed by atoms with Crippen LogP contribution in [0.2, 0.25) is 5.02 Å². The molecule has 3 rings (SSSR count). The van der Waals surface area contributed by atoms with E-state index in [1.54, 1.807) is 0 Å². The minimum atomic E-state index is 0.0984. The van der Waals surface area contributed by atoms with Crippen molar-refractivity contribution in [3.05, 3.63) is 75.4 Å². The summed E-state index contributed by atoms with van der Waals surface area (Å²) in [6.07, 6.45) is 1.81. The fourth-order valence-electron chi connectivity index (χ4n) is 2.51. The van der Waals surface area contributed by atoms with Gasteiger partial charge in [-0.3, -0.25) is 4.98 Å². The van der Waals surface area contributed by atoms with E-state index in [-0.39, 0.29) is 6.04 Å². The second-order valence-corrected chi connectivity index (χ2v) is 6.13. The van der Waals surface area contributed by atoms with Gasteiger partial charge in [0, 0.05) is 21.1 Å². The Labute approximate surface area is 137 Å². The second-order valence-electron chi connectivity index (χ2n) is 4.84. The molecule has 1 N–H and O–H groups in total. The quantitative estimate of drug-likeness (QED) is 0.713. The van der Waals surface area contributed by atoms with Crippen LogP contribution < -0.4 is 5.32 Å². The number of fused-ring (bicyclic) bond motifs is 1. The van der Waals surface area contributed by atoms with Crippen LogP contribution >= 0.6 is 27.5 Å². The predicted octanol–water partition coefficient (Wildman–Crippen LogP) is 4.96. The van der Waals surface area contributed by atoms with Gasteiger partial charge in [0.25, 0.3) is 0 Å². The Kier molecular flexibility index (Phi) is 4.24. The Morgan fingerprint density at radius 3 is 2.76 bits per heavy atom. The minimum Gasteiger partial charge on any atom is -0.309 e. The standard InChI is InChI=1S/C17H14BrClN2/c1-20-17(14-6-5-13(19)10-15(14)18)12-4-7-16-11(9-12)3-2-8-21-16/h2-10,17,20H,1H3. The molecule has 0 fully saturated rings. The molecule has 4 heteroatoms. The molecule has 0 saturated heterocycles. The first-order valence-electron chi connectivity index (χ1n) is 6.66. The van der Waals surface area contributed by atoms with Crippen LogP contribution in [0.4, 0.5) is 0 Å². The largest absolute Gasteiger partial charge is 0.309 e. The molecule has 0 saturated carbocycles. The van der Waals surface area contributed by atoms with Crippen LogP contribution in [0, 0.1) is 0 Å². The normalized spacial score (nSPS) is 12.5. The molecule has 2 nitrogen and oxygen atoms in total. The van der Waals surface area contributed by atoms with Gasteiger partial charge in [0.15, 0.2) is 0 Å². The van der Waals surface area contributed by atoms with Crippen molar-refractivity contribution in [2.75, 3.05) is 7.05 Å². The number of nitrogens with one attached hydrogen (secondary N) is 1. The summed E-state index contributed by atoms with van der Waals surface area (Å²) in [5.74, 6) is 0. The molecule has 1 unspecified atom stereocenters. The first-order valence-corrected chi connectivity index (χ1v) is 7.83. The molecular formula is C17H14BrClN2. The van der Waals surface area contributed by atoms with Gasteiger partial charge < -0.3 is 5.32 Å². The van der Waals surface area contributed by atoms with E-state index in [0.717, 1.165) is 26.0 Å². The van der Waals surface area contributed by atoms with E-state index in [2.05, 4.69) is 50.5 Å². The maximum Gasteiger partial charge on any atom is 0.0702 e. The molecule has 0 aliphatic rings. The molecule has 0 bridgehead atoms. The first kappa shape index (κ1) is 14.5. The lowest BCUT2D eigenvalue weighted by Gasteiger charge is -2.19. The molecule has 3 aromatic rings. The highest BCUT2D eigenvalue weighted by atomic mass is 79.9. The van der Waals surface area contributed by atoms with E-state index < -0.39 is 0 Å². The summed E-state index contributed by atoms with van der Waals surface area (Å²) in [6.45, 7) is 0. The topological polar surface area (TPSA) is 24.9 Å². The van der Waals surface area contributed by atoms with E-state index in [1.807, 2.05) is 37.5 Å². The van der Waals surface area contributed by atoms with Crippen LogP contribution in [0.1, 0.15) is 17.2 Å². The van der Waals surface area contributed by atoms with Crippen molar-refractivity contribution in [3.8, 4) is 0 Å². The molecule has 0 spiro atoms. The summed E-state index contributed by atoms with van der Waals surface area (Å²) in [4.78, 5) is 4.36. The van der Waals surface area contributed by atoms with E-state index >= 15 is 0 Å². The third kappa shape index (κ3) is 2.95. The Bertz CT molecular complexity index is 789. The van der Waals surface area contributed by atoms with E-state index in [9.17, 15) is 0 Å². The van der Waals surface area contributed by atoms with Crippen LogP contribution in [0.5, 0.6) is 0 Å². The van der Waals surface area contributed by atoms with Crippen molar-refractivity contribution >= 4 is 38.4 Å². The molecule has 2 aromatic carbocycles. The van der Waals surface area contributed by atoms with Crippen molar-refractivity contribution in [2.45, 2.75) is 6.04 Å². The summed E-state index contributed by atoms with van der Waals surface area (Å²) in [5, 5.41) is 5.23. The lowest BCUT2D eigenvalue weighted by Crippen LogP contribution is -2.18. The summed E-state index contributed by atoms with van der Waals surface area (Å²) in [5.41, 5.74) is 3.36. The molecule has 106 valence electrons. The van der Waals surface area contributed by atoms with Crippen molar-refractivity contribution in [1.29, 1.82) is 0 Å². The van der Waals surface area contributed by atoms with Crippen molar-refractivity contribution < 1.29 is 0 Å². The van der Waals surface area contributed by atoms with Gasteiger partial charge in [0.2, 0.25) is 0 Å². The average Bonchev–Trinajstić information content (AvgIpc) is 2.50. The highest BCUT2D eigenvalue weighted by Gasteiger charge is 2.15. The molecular weight excluding hydrogens is 348 g/mol. The summed E-state index contributed by atoms with van der Waals surface area (Å²) >= 11 is 9.63. The van der Waals surface area contributed by atoms with Crippen LogP contribution in [0.25, 0.3) is 10.9 Å². The van der Waals surface area contributed by atoms with Crippen molar-refractivity contribution in [3.63, 3.8) is 0 Å². The van der Waals surface area contributed by atoms with Gasteiger partial charge in [0.05, 0.1) is 11.6 Å². The molecule has 0 radical (unpaired) electrons. The SMILES string of the molecule is CNC(c1ccc2ncccc2c1)c1ccc(Cl)cc1Br. The maximum absolute atomic E-state index is 6.03. The number of aromatic nitrogens is 1. The minimum absolute atomic E-state index is 0.0984. The van der Waals surface area contributed by atoms with Gasteiger partial charge in [-0.25, -0.2) is 0 Å². The Hall–Kier alpha value is -1.42. The predicted molar refractivity (Wildman–Crippen MR) is 91.8 cm³/mol. The third-order valence-electron chi connectivity index (χ3n) is 3.52. The molecule has 1 heterocycles. The molecule has 1 aromatic heterocycles. The highest BCUT2D eigenvalue weighted by molar-refractivity contribution is 9.10. The van der Waals surface area contributed by atoms with E-state index in [1.165, 1.54) is 5.56 Å². The number of hydrogen-bond acceptors (Lipinski definition) is 2. The van der Waals surface area contributed by atoms with Crippen molar-refractivity contribution in [2.24, 2.45) is 0 Å². The van der Waals surface area contributed by atoms with Gasteiger partial charge in [-0.1, -0.05) is 45.7 Å². The number of benzene rings is 2. The molecule has 1 atom stereocenters. The van der Waals surface area contributed by atoms with Crippen LogP contribution in [-0.4, -0.2) is 12.0 Å². The Morgan fingerprint density at radius 1 is 1.14 bits per heavy atom. The first-order chi connectivity index (χ1) is 10.2. The van der Waals surface area contributed by atoms with Gasteiger partial charge in [-0.05, 0) is 48.5 Å². The van der Waals surface area contributed by atoms with E-state index in [0.29, 0.717) is 0 Å². The Balaban J connectivity index is 2.09. The third-order valence-corrected chi connectivity index (χ3v) is 4.44. The zero-order chi connectivity index (χ0) is 14.8. The molecule has 0 aliphatic carbocycles. The molecule has 21 heavy (non-hydrogen) atoms. The number of halogens is 2. The van der Waals surface area contributed by atoms with Crippen LogP contribution in [0.15, 0.2) is 59.2 Å². The van der Waals surface area contributed by atoms with Crippen LogP contribution in [0.3, 0.4) is 0 Å². The van der Waals surface area contributed by atoms with E-state index in [4.69, 9.17) is 11.6 Å². The fraction of sp³-hybridized carbons (Fsp3) is 0.118. The second kappa shape index (κ2) is 6.14. The summed E-state index contributed by atoms with van der Waals surface area (Å²) in [7, 11) is 1.96. The van der Waals surface area contributed by atoms with Gasteiger partial charge in [0.1, 0.15) is 0 Å². The summed E-state index contributed by atoms with van der Waals surface area (Å²) < 4.78 is 1.00. The number of hydrogen-bond donors (Lipinski definition) is 1. The Morgan fingerprint density at radius 2 is 2.00 bits per heavy atom. The fourth-order valence-corrected chi connectivity index (χ4v) is 3.42. The van der Waals surface area contributed by atoms with Gasteiger partial charge >= 0.3 is 0 Å². The van der Waals surface area contributed by atoms with Gasteiger partial charge in [-0.15, -0.1) is 0 Å². The number of pyridine rings is 1. The average molecular weight is 362 g/mol. The molecule has 0 amide bonds. The lowest BCUT2D eigenvalue weighted by molar-refractivity contribution is 0.690. The van der Waals surface area contributed by atoms with Crippen LogP contribution in [-0.2, 0) is 0 Å². The highest BCUT2D eigenvalue weighted by Crippen LogP contribution is 2.31. The number of rotatable bonds is 3. The summed E-state index contributed by atoms with van der Waals surface area (Å²) in [6, 6.07) is 16.3. The van der Waals surface area contributed by atoms with Gasteiger partial charge in [-0.2, -0.15) is 0 Å². The number of nitrogens with zero attached hydrogens (tertiary/aromatic N) is 1. The maximum atomic E-state index is 6.03. The lowest BCUT2D eigenvalue weighted by atomic mass is 9.97. The smallest absolute Gasteiger partial charge is 0.0702 e. The monoisotopic (exact) mass is 360 g/mol.